The molecule has 0 saturated heterocycles. The average Bonchev–Trinajstić information content (AvgIpc) is 3.34. The van der Waals surface area contributed by atoms with Crippen molar-refractivity contribution >= 4 is 11.5 Å². The van der Waals surface area contributed by atoms with Crippen molar-refractivity contribution < 1.29 is 19.2 Å². The molecule has 0 atom stereocenters. The van der Waals surface area contributed by atoms with Crippen LogP contribution in [0.3, 0.4) is 0 Å². The van der Waals surface area contributed by atoms with Crippen LogP contribution in [0.5, 0.6) is 11.5 Å². The van der Waals surface area contributed by atoms with Crippen LogP contribution in [-0.2, 0) is 0 Å². The molecule has 22 heavy (non-hydrogen) atoms. The Morgan fingerprint density at radius 3 is 2.27 bits per heavy atom. The zero-order chi connectivity index (χ0) is 16.1. The zero-order valence-corrected chi connectivity index (χ0v) is 13.0. The molecule has 2 rings (SSSR count). The highest BCUT2D eigenvalue weighted by atomic mass is 16.6. The largest absolute Gasteiger partial charge is 0.493 e. The van der Waals surface area contributed by atoms with Crippen LogP contribution < -0.4 is 9.47 Å². The van der Waals surface area contributed by atoms with Gasteiger partial charge in [-0.25, -0.2) is 0 Å². The van der Waals surface area contributed by atoms with Gasteiger partial charge in [-0.3, -0.25) is 14.9 Å². The number of Topliss-reactive ketones (excluding diaryl/α,β-unsaturated/α-hetero) is 1. The maximum Gasteiger partial charge on any atom is 0.311 e. The average molecular weight is 307 g/mol. The predicted molar refractivity (Wildman–Crippen MR) is 81.7 cm³/mol. The molecule has 1 aliphatic carbocycles. The van der Waals surface area contributed by atoms with E-state index in [1.165, 1.54) is 12.1 Å². The molecule has 0 spiro atoms. The summed E-state index contributed by atoms with van der Waals surface area (Å²) in [6.07, 6.45) is 3.21. The van der Waals surface area contributed by atoms with E-state index >= 15 is 0 Å². The molecule has 0 heterocycles. The van der Waals surface area contributed by atoms with Gasteiger partial charge in [-0.2, -0.15) is 0 Å². The Hall–Kier alpha value is -2.11. The molecular formula is C16H21NO5. The third kappa shape index (κ3) is 3.75. The second-order valence-corrected chi connectivity index (χ2v) is 5.41. The lowest BCUT2D eigenvalue weighted by Crippen LogP contribution is -2.09. The van der Waals surface area contributed by atoms with Gasteiger partial charge in [0, 0.05) is 18.1 Å². The number of nitro benzene ring substituents is 1. The normalized spacial score (nSPS) is 13.7. The molecule has 0 bridgehead atoms. The summed E-state index contributed by atoms with van der Waals surface area (Å²) in [7, 11) is 0. The van der Waals surface area contributed by atoms with Gasteiger partial charge in [0.05, 0.1) is 23.7 Å². The number of carbonyl (C=O) groups is 1. The molecule has 120 valence electrons. The second kappa shape index (κ2) is 7.24. The topological polar surface area (TPSA) is 78.7 Å². The van der Waals surface area contributed by atoms with E-state index in [1.807, 2.05) is 13.8 Å². The van der Waals surface area contributed by atoms with Gasteiger partial charge < -0.3 is 9.47 Å². The first-order valence-electron chi connectivity index (χ1n) is 7.70. The number of nitrogens with zero attached hydrogens (tertiary/aromatic N) is 1. The number of rotatable bonds is 9. The van der Waals surface area contributed by atoms with E-state index in [1.54, 1.807) is 0 Å². The van der Waals surface area contributed by atoms with Crippen LogP contribution in [0.25, 0.3) is 0 Å². The van der Waals surface area contributed by atoms with Crippen molar-refractivity contribution in [3.63, 3.8) is 0 Å². The number of ether oxygens (including phenoxy) is 2. The zero-order valence-electron chi connectivity index (χ0n) is 13.0. The van der Waals surface area contributed by atoms with Crippen molar-refractivity contribution in [1.29, 1.82) is 0 Å². The third-order valence-electron chi connectivity index (χ3n) is 3.39. The highest BCUT2D eigenvalue weighted by Crippen LogP contribution is 2.40. The van der Waals surface area contributed by atoms with Gasteiger partial charge in [-0.05, 0) is 25.7 Å². The summed E-state index contributed by atoms with van der Waals surface area (Å²) in [6.45, 7) is 4.72. The van der Waals surface area contributed by atoms with E-state index < -0.39 is 4.92 Å². The minimum absolute atomic E-state index is 0.0222. The molecule has 1 aliphatic rings. The number of nitro groups is 1. The molecule has 0 aliphatic heterocycles. The quantitative estimate of drug-likeness (QED) is 0.394. The van der Waals surface area contributed by atoms with Crippen molar-refractivity contribution in [3.8, 4) is 11.5 Å². The van der Waals surface area contributed by atoms with Crippen molar-refractivity contribution in [3.05, 3.63) is 27.8 Å². The van der Waals surface area contributed by atoms with Gasteiger partial charge in [0.2, 0.25) is 5.75 Å². The molecule has 6 heteroatoms. The first kappa shape index (κ1) is 16.3. The summed E-state index contributed by atoms with van der Waals surface area (Å²) in [6, 6.07) is 2.79. The highest BCUT2D eigenvalue weighted by molar-refractivity contribution is 6.02. The molecule has 0 amide bonds. The fourth-order valence-electron chi connectivity index (χ4n) is 2.11. The first-order chi connectivity index (χ1) is 10.6. The summed E-state index contributed by atoms with van der Waals surface area (Å²) in [4.78, 5) is 23.1. The Balaban J connectivity index is 2.42. The van der Waals surface area contributed by atoms with Crippen LogP contribution in [0.1, 0.15) is 49.9 Å². The fourth-order valence-corrected chi connectivity index (χ4v) is 2.11. The Morgan fingerprint density at radius 1 is 1.18 bits per heavy atom. The lowest BCUT2D eigenvalue weighted by Gasteiger charge is -2.13. The molecule has 0 unspecified atom stereocenters. The summed E-state index contributed by atoms with van der Waals surface area (Å²) >= 11 is 0. The lowest BCUT2D eigenvalue weighted by molar-refractivity contribution is -0.385. The van der Waals surface area contributed by atoms with E-state index in [4.69, 9.17) is 9.47 Å². The maximum absolute atomic E-state index is 12.3. The van der Waals surface area contributed by atoms with Crippen LogP contribution in [-0.4, -0.2) is 23.9 Å². The van der Waals surface area contributed by atoms with Crippen LogP contribution >= 0.6 is 0 Å². The van der Waals surface area contributed by atoms with Gasteiger partial charge in [-0.1, -0.05) is 13.8 Å². The van der Waals surface area contributed by atoms with E-state index in [2.05, 4.69) is 0 Å². The predicted octanol–water partition coefficient (Wildman–Crippen LogP) is 3.77. The summed E-state index contributed by atoms with van der Waals surface area (Å²) < 4.78 is 11.1. The van der Waals surface area contributed by atoms with Gasteiger partial charge >= 0.3 is 5.69 Å². The summed E-state index contributed by atoms with van der Waals surface area (Å²) in [5, 5.41) is 11.2. The van der Waals surface area contributed by atoms with Crippen molar-refractivity contribution in [2.24, 2.45) is 5.92 Å². The third-order valence-corrected chi connectivity index (χ3v) is 3.39. The van der Waals surface area contributed by atoms with Crippen molar-refractivity contribution in [2.45, 2.75) is 39.5 Å². The van der Waals surface area contributed by atoms with Gasteiger partial charge in [-0.15, -0.1) is 0 Å². The molecule has 0 N–H and O–H groups in total. The van der Waals surface area contributed by atoms with E-state index in [0.717, 1.165) is 25.7 Å². The summed E-state index contributed by atoms with van der Waals surface area (Å²) in [5.74, 6) is 0.447. The first-order valence-corrected chi connectivity index (χ1v) is 7.70. The molecular weight excluding hydrogens is 286 g/mol. The number of hydrogen-bond donors (Lipinski definition) is 0. The fraction of sp³-hybridized carbons (Fsp3) is 0.562. The second-order valence-electron chi connectivity index (χ2n) is 5.41. The SMILES string of the molecule is CCCOc1cc(OCCC)c([N+](=O)[O-])cc1C(=O)C1CC1. The molecule has 1 fully saturated rings. The monoisotopic (exact) mass is 307 g/mol. The van der Waals surface area contributed by atoms with Gasteiger partial charge in [0.15, 0.2) is 5.78 Å². The Kier molecular flexibility index (Phi) is 5.35. The van der Waals surface area contributed by atoms with Crippen LogP contribution in [0.15, 0.2) is 12.1 Å². The molecule has 1 aromatic carbocycles. The molecule has 0 aromatic heterocycles. The van der Waals surface area contributed by atoms with E-state index in [-0.39, 0.29) is 23.1 Å². The number of hydrogen-bond acceptors (Lipinski definition) is 5. The minimum Gasteiger partial charge on any atom is -0.493 e. The smallest absolute Gasteiger partial charge is 0.311 e. The minimum atomic E-state index is -0.516. The number of carbonyl (C=O) groups excluding carboxylic acids is 1. The van der Waals surface area contributed by atoms with E-state index in [0.29, 0.717) is 24.5 Å². The molecule has 0 radical (unpaired) electrons. The molecule has 1 aromatic rings. The van der Waals surface area contributed by atoms with Crippen LogP contribution in [0.2, 0.25) is 0 Å². The van der Waals surface area contributed by atoms with Crippen LogP contribution in [0.4, 0.5) is 5.69 Å². The Labute approximate surface area is 129 Å². The van der Waals surface area contributed by atoms with Gasteiger partial charge in [0.25, 0.3) is 0 Å². The molecule has 1 saturated carbocycles. The van der Waals surface area contributed by atoms with E-state index in [9.17, 15) is 14.9 Å². The number of benzene rings is 1. The molecule has 6 nitrogen and oxygen atoms in total. The maximum atomic E-state index is 12.3. The van der Waals surface area contributed by atoms with Crippen molar-refractivity contribution in [2.75, 3.05) is 13.2 Å². The van der Waals surface area contributed by atoms with Crippen LogP contribution in [0, 0.1) is 16.0 Å². The van der Waals surface area contributed by atoms with Gasteiger partial charge in [0.1, 0.15) is 5.75 Å². The standard InChI is InChI=1S/C16H21NO5/c1-3-7-21-14-10-15(22-8-4-2)13(17(19)20)9-12(14)16(18)11-5-6-11/h9-11H,3-8H2,1-2H3. The van der Waals surface area contributed by atoms with Crippen molar-refractivity contribution in [1.82, 2.24) is 0 Å². The summed E-state index contributed by atoms with van der Waals surface area (Å²) in [5.41, 5.74) is 0.118. The Morgan fingerprint density at radius 2 is 1.77 bits per heavy atom. The highest BCUT2D eigenvalue weighted by Gasteiger charge is 2.34. The Bertz CT molecular complexity index is 566. The lowest BCUT2D eigenvalue weighted by atomic mass is 10.0. The number of ketones is 1.